The third kappa shape index (κ3) is 2.90. The molecule has 4 atom stereocenters. The standard InChI is InChI=1S/C9H16N2O4/c1-4-2-5(8(13)11-4)3-6(10)7(12)9(14)15/h4-7,12H,2-3,10H2,1H3,(H,11,13)(H,14,15)/t4-,5+,6+,7?/m1/s1. The Balaban J connectivity index is 2.48. The minimum absolute atomic E-state index is 0.0941. The lowest BCUT2D eigenvalue weighted by Gasteiger charge is -2.17. The molecule has 6 heteroatoms. The first-order valence-electron chi connectivity index (χ1n) is 4.88. The van der Waals surface area contributed by atoms with Gasteiger partial charge < -0.3 is 21.3 Å². The van der Waals surface area contributed by atoms with Crippen LogP contribution < -0.4 is 11.1 Å². The van der Waals surface area contributed by atoms with E-state index in [0.717, 1.165) is 0 Å². The largest absolute Gasteiger partial charge is 0.479 e. The monoisotopic (exact) mass is 216 g/mol. The molecule has 1 unspecified atom stereocenters. The van der Waals surface area contributed by atoms with Crippen molar-refractivity contribution in [2.24, 2.45) is 11.7 Å². The Morgan fingerprint density at radius 3 is 2.73 bits per heavy atom. The lowest BCUT2D eigenvalue weighted by atomic mass is 9.94. The summed E-state index contributed by atoms with van der Waals surface area (Å²) >= 11 is 0. The minimum atomic E-state index is -1.60. The van der Waals surface area contributed by atoms with Crippen molar-refractivity contribution >= 4 is 11.9 Å². The number of carbonyl (C=O) groups is 2. The number of amides is 1. The van der Waals surface area contributed by atoms with Crippen LogP contribution in [-0.2, 0) is 9.59 Å². The van der Waals surface area contributed by atoms with Crippen LogP contribution >= 0.6 is 0 Å². The zero-order chi connectivity index (χ0) is 11.6. The van der Waals surface area contributed by atoms with Gasteiger partial charge in [-0.15, -0.1) is 0 Å². The minimum Gasteiger partial charge on any atom is -0.479 e. The summed E-state index contributed by atoms with van der Waals surface area (Å²) < 4.78 is 0. The summed E-state index contributed by atoms with van der Waals surface area (Å²) in [6, 6.07) is -0.805. The molecular formula is C9H16N2O4. The highest BCUT2D eigenvalue weighted by atomic mass is 16.4. The van der Waals surface area contributed by atoms with Crippen LogP contribution in [0.2, 0.25) is 0 Å². The summed E-state index contributed by atoms with van der Waals surface area (Å²) in [6.07, 6.45) is -0.767. The van der Waals surface area contributed by atoms with Gasteiger partial charge in [0.1, 0.15) is 0 Å². The number of aliphatic hydroxyl groups excluding tert-OH is 1. The highest BCUT2D eigenvalue weighted by Gasteiger charge is 2.33. The van der Waals surface area contributed by atoms with Crippen LogP contribution in [0.3, 0.4) is 0 Å². The van der Waals surface area contributed by atoms with Crippen molar-refractivity contribution < 1.29 is 19.8 Å². The van der Waals surface area contributed by atoms with Crippen molar-refractivity contribution in [2.45, 2.75) is 38.0 Å². The molecule has 1 saturated heterocycles. The predicted molar refractivity (Wildman–Crippen MR) is 51.9 cm³/mol. The maximum atomic E-state index is 11.3. The van der Waals surface area contributed by atoms with E-state index in [2.05, 4.69) is 5.32 Å². The first-order valence-corrected chi connectivity index (χ1v) is 4.88. The van der Waals surface area contributed by atoms with Crippen molar-refractivity contribution in [1.29, 1.82) is 0 Å². The number of rotatable bonds is 4. The molecule has 0 aromatic heterocycles. The highest BCUT2D eigenvalue weighted by Crippen LogP contribution is 2.20. The Hall–Kier alpha value is -1.14. The summed E-state index contributed by atoms with van der Waals surface area (Å²) in [6.45, 7) is 1.87. The van der Waals surface area contributed by atoms with E-state index in [1.165, 1.54) is 0 Å². The van der Waals surface area contributed by atoms with Crippen molar-refractivity contribution in [3.05, 3.63) is 0 Å². The SMILES string of the molecule is C[C@@H]1C[C@@H](C[C@H](N)C(O)C(=O)O)C(=O)N1. The molecule has 0 radical (unpaired) electrons. The second-order valence-corrected chi connectivity index (χ2v) is 4.02. The van der Waals surface area contributed by atoms with E-state index in [1.54, 1.807) is 0 Å². The molecule has 0 aromatic carbocycles. The summed E-state index contributed by atoms with van der Waals surface area (Å²) in [5, 5.41) is 20.4. The van der Waals surface area contributed by atoms with Crippen molar-refractivity contribution in [3.63, 3.8) is 0 Å². The van der Waals surface area contributed by atoms with E-state index in [-0.39, 0.29) is 24.3 Å². The summed E-state index contributed by atoms with van der Waals surface area (Å²) in [4.78, 5) is 21.7. The zero-order valence-corrected chi connectivity index (χ0v) is 8.51. The van der Waals surface area contributed by atoms with Gasteiger partial charge in [0, 0.05) is 18.0 Å². The number of aliphatic hydroxyl groups is 1. The average molecular weight is 216 g/mol. The molecule has 0 saturated carbocycles. The molecular weight excluding hydrogens is 200 g/mol. The molecule has 0 aliphatic carbocycles. The fraction of sp³-hybridized carbons (Fsp3) is 0.778. The van der Waals surface area contributed by atoms with Crippen LogP contribution in [0.5, 0.6) is 0 Å². The van der Waals surface area contributed by atoms with Gasteiger partial charge >= 0.3 is 5.97 Å². The molecule has 1 aliphatic rings. The molecule has 0 aromatic rings. The van der Waals surface area contributed by atoms with Crippen LogP contribution in [0.15, 0.2) is 0 Å². The van der Waals surface area contributed by atoms with Crippen molar-refractivity contribution in [1.82, 2.24) is 5.32 Å². The van der Waals surface area contributed by atoms with E-state index in [4.69, 9.17) is 15.9 Å². The molecule has 1 aliphatic heterocycles. The smallest absolute Gasteiger partial charge is 0.334 e. The summed E-state index contributed by atoms with van der Waals surface area (Å²) in [5.74, 6) is -1.76. The number of aliphatic carboxylic acids is 1. The Morgan fingerprint density at radius 2 is 2.33 bits per heavy atom. The Bertz CT molecular complexity index is 269. The number of hydrogen-bond acceptors (Lipinski definition) is 4. The van der Waals surface area contributed by atoms with E-state index >= 15 is 0 Å². The highest BCUT2D eigenvalue weighted by molar-refractivity contribution is 5.81. The number of nitrogens with one attached hydrogen (secondary N) is 1. The molecule has 86 valence electrons. The average Bonchev–Trinajstić information content (AvgIpc) is 2.43. The van der Waals surface area contributed by atoms with Crippen molar-refractivity contribution in [2.75, 3.05) is 0 Å². The maximum absolute atomic E-state index is 11.3. The first kappa shape index (κ1) is 11.9. The number of carboxylic acid groups (broad SMARTS) is 1. The van der Waals surface area contributed by atoms with Crippen LogP contribution in [0.25, 0.3) is 0 Å². The van der Waals surface area contributed by atoms with Crippen LogP contribution in [0.1, 0.15) is 19.8 Å². The van der Waals surface area contributed by atoms with E-state index < -0.39 is 18.1 Å². The molecule has 6 nitrogen and oxygen atoms in total. The van der Waals surface area contributed by atoms with Gasteiger partial charge in [-0.25, -0.2) is 4.79 Å². The fourth-order valence-electron chi connectivity index (χ4n) is 1.80. The van der Waals surface area contributed by atoms with Gasteiger partial charge in [-0.05, 0) is 19.8 Å². The van der Waals surface area contributed by atoms with Gasteiger partial charge in [0.05, 0.1) is 0 Å². The maximum Gasteiger partial charge on any atom is 0.334 e. The molecule has 15 heavy (non-hydrogen) atoms. The molecule has 1 amide bonds. The number of hydrogen-bond donors (Lipinski definition) is 4. The van der Waals surface area contributed by atoms with Gasteiger partial charge in [-0.2, -0.15) is 0 Å². The lowest BCUT2D eigenvalue weighted by molar-refractivity contribution is -0.148. The molecule has 1 heterocycles. The molecule has 0 bridgehead atoms. The zero-order valence-electron chi connectivity index (χ0n) is 8.51. The normalized spacial score (nSPS) is 29.7. The van der Waals surface area contributed by atoms with E-state index in [9.17, 15) is 9.59 Å². The Kier molecular flexibility index (Phi) is 3.65. The lowest BCUT2D eigenvalue weighted by Crippen LogP contribution is -2.42. The van der Waals surface area contributed by atoms with Crippen LogP contribution in [0.4, 0.5) is 0 Å². The van der Waals surface area contributed by atoms with Gasteiger partial charge in [0.25, 0.3) is 0 Å². The van der Waals surface area contributed by atoms with E-state index in [1.807, 2.05) is 6.92 Å². The summed E-state index contributed by atoms with van der Waals surface area (Å²) in [5.41, 5.74) is 5.49. The molecule has 1 rings (SSSR count). The van der Waals surface area contributed by atoms with Gasteiger partial charge in [0.2, 0.25) is 5.91 Å². The van der Waals surface area contributed by atoms with Crippen LogP contribution in [0, 0.1) is 5.92 Å². The second kappa shape index (κ2) is 4.59. The second-order valence-electron chi connectivity index (χ2n) is 4.02. The Labute approximate surface area is 87.5 Å². The number of carboxylic acids is 1. The summed E-state index contributed by atoms with van der Waals surface area (Å²) in [7, 11) is 0. The quantitative estimate of drug-likeness (QED) is 0.465. The van der Waals surface area contributed by atoms with Crippen molar-refractivity contribution in [3.8, 4) is 0 Å². The third-order valence-electron chi connectivity index (χ3n) is 2.61. The third-order valence-corrected chi connectivity index (χ3v) is 2.61. The Morgan fingerprint density at radius 1 is 1.73 bits per heavy atom. The van der Waals surface area contributed by atoms with Gasteiger partial charge in [-0.3, -0.25) is 4.79 Å². The molecule has 5 N–H and O–H groups in total. The number of carbonyl (C=O) groups excluding carboxylic acids is 1. The van der Waals surface area contributed by atoms with Gasteiger partial charge in [-0.1, -0.05) is 0 Å². The number of nitrogens with two attached hydrogens (primary N) is 1. The van der Waals surface area contributed by atoms with E-state index in [0.29, 0.717) is 6.42 Å². The predicted octanol–water partition coefficient (Wildman–Crippen LogP) is -1.33. The fourth-order valence-corrected chi connectivity index (χ4v) is 1.80. The topological polar surface area (TPSA) is 113 Å². The van der Waals surface area contributed by atoms with Gasteiger partial charge in [0.15, 0.2) is 6.10 Å². The van der Waals surface area contributed by atoms with Crippen LogP contribution in [-0.4, -0.2) is 40.3 Å². The molecule has 0 spiro atoms. The first-order chi connectivity index (χ1) is 6.91. The molecule has 1 fully saturated rings.